The first-order valence-corrected chi connectivity index (χ1v) is 10.6. The van der Waals surface area contributed by atoms with Crippen molar-refractivity contribution in [3.05, 3.63) is 52.7 Å². The van der Waals surface area contributed by atoms with E-state index in [1.807, 2.05) is 12.3 Å². The van der Waals surface area contributed by atoms with Gasteiger partial charge in [0.05, 0.1) is 12.2 Å². The van der Waals surface area contributed by atoms with E-state index in [0.717, 1.165) is 73.1 Å². The fraction of sp³-hybridized carbons (Fsp3) is 0.429. The van der Waals surface area contributed by atoms with Crippen molar-refractivity contribution in [2.24, 2.45) is 5.41 Å². The van der Waals surface area contributed by atoms with E-state index in [9.17, 15) is 0 Å². The average Bonchev–Trinajstić information content (AvgIpc) is 2.97. The number of fused-ring (bicyclic) bond motifs is 3. The highest BCUT2D eigenvalue weighted by Gasteiger charge is 2.53. The van der Waals surface area contributed by atoms with Gasteiger partial charge in [-0.3, -0.25) is 9.47 Å². The smallest absolute Gasteiger partial charge is 0.231 e. The molecule has 154 valence electrons. The summed E-state index contributed by atoms with van der Waals surface area (Å²) in [7, 11) is 2.10. The van der Waals surface area contributed by atoms with Gasteiger partial charge >= 0.3 is 0 Å². The first-order valence-electron chi connectivity index (χ1n) is 10.2. The lowest BCUT2D eigenvalue weighted by Gasteiger charge is -2.60. The van der Waals surface area contributed by atoms with Crippen LogP contribution in [0.5, 0.6) is 0 Å². The maximum Gasteiger partial charge on any atom is 0.231 e. The molecule has 2 aromatic heterocycles. The van der Waals surface area contributed by atoms with Crippen LogP contribution < -0.4 is 9.80 Å². The molecule has 0 bridgehead atoms. The minimum Gasteiger partial charge on any atom is -0.355 e. The molecule has 3 aromatic rings. The Labute approximate surface area is 180 Å². The first-order chi connectivity index (χ1) is 14.5. The predicted molar refractivity (Wildman–Crippen MR) is 115 cm³/mol. The molecule has 1 spiro atoms. The summed E-state index contributed by atoms with van der Waals surface area (Å²) in [5.74, 6) is 2.96. The standard InChI is InChI=1S/C21H23ClN8/c1-14-6-23-13-24-19(14)28-9-21(10-28)11-29(12-21)20-26-25-18-8-27(2)7-15-5-16(22)3-4-17(15)30(18)20/h3-6,13H,7-12H2,1-2H3. The number of hydrogen-bond donors (Lipinski definition) is 0. The fourth-order valence-electron chi connectivity index (χ4n) is 5.09. The number of anilines is 2. The van der Waals surface area contributed by atoms with Gasteiger partial charge in [-0.15, -0.1) is 10.2 Å². The summed E-state index contributed by atoms with van der Waals surface area (Å²) in [4.78, 5) is 15.5. The number of aromatic nitrogens is 5. The second-order valence-corrected chi connectivity index (χ2v) is 9.37. The Bertz CT molecular complexity index is 1130. The van der Waals surface area contributed by atoms with Crippen LogP contribution in [0.4, 0.5) is 11.8 Å². The number of rotatable bonds is 2. The summed E-state index contributed by atoms with van der Waals surface area (Å²) >= 11 is 6.28. The van der Waals surface area contributed by atoms with Crippen LogP contribution in [-0.4, -0.2) is 62.9 Å². The minimum absolute atomic E-state index is 0.314. The molecule has 0 atom stereocenters. The Morgan fingerprint density at radius 3 is 2.63 bits per heavy atom. The predicted octanol–water partition coefficient (Wildman–Crippen LogP) is 2.29. The molecule has 1 aromatic carbocycles. The number of nitrogens with zero attached hydrogens (tertiary/aromatic N) is 8. The van der Waals surface area contributed by atoms with E-state index in [2.05, 4.69) is 65.5 Å². The van der Waals surface area contributed by atoms with Crippen LogP contribution in [0, 0.1) is 12.3 Å². The van der Waals surface area contributed by atoms with E-state index in [1.54, 1.807) is 6.33 Å². The zero-order valence-electron chi connectivity index (χ0n) is 17.1. The van der Waals surface area contributed by atoms with Crippen LogP contribution in [0.25, 0.3) is 5.69 Å². The van der Waals surface area contributed by atoms with Crippen molar-refractivity contribution in [3.63, 3.8) is 0 Å². The molecule has 0 aliphatic carbocycles. The topological polar surface area (TPSA) is 66.2 Å². The van der Waals surface area contributed by atoms with Crippen LogP contribution in [-0.2, 0) is 13.1 Å². The highest BCUT2D eigenvalue weighted by Crippen LogP contribution is 2.44. The number of aryl methyl sites for hydroxylation is 1. The molecule has 0 radical (unpaired) electrons. The van der Waals surface area contributed by atoms with Gasteiger partial charge in [-0.25, -0.2) is 9.97 Å². The third kappa shape index (κ3) is 2.70. The van der Waals surface area contributed by atoms with Crippen molar-refractivity contribution >= 4 is 23.4 Å². The van der Waals surface area contributed by atoms with Gasteiger partial charge in [0.2, 0.25) is 5.95 Å². The van der Waals surface area contributed by atoms with Crippen molar-refractivity contribution in [2.45, 2.75) is 20.0 Å². The van der Waals surface area contributed by atoms with Gasteiger partial charge in [-0.05, 0) is 37.7 Å². The lowest BCUT2D eigenvalue weighted by molar-refractivity contribution is 0.153. The quantitative estimate of drug-likeness (QED) is 0.627. The van der Waals surface area contributed by atoms with E-state index in [0.29, 0.717) is 5.41 Å². The van der Waals surface area contributed by atoms with Gasteiger partial charge in [0.1, 0.15) is 12.1 Å². The lowest BCUT2D eigenvalue weighted by Crippen LogP contribution is -2.73. The average molecular weight is 423 g/mol. The van der Waals surface area contributed by atoms with Gasteiger partial charge < -0.3 is 9.80 Å². The van der Waals surface area contributed by atoms with Crippen LogP contribution in [0.1, 0.15) is 17.0 Å². The first kappa shape index (κ1) is 18.1. The molecular formula is C21H23ClN8. The zero-order valence-corrected chi connectivity index (χ0v) is 17.8. The highest BCUT2D eigenvalue weighted by molar-refractivity contribution is 6.30. The molecule has 3 aliphatic heterocycles. The third-order valence-electron chi connectivity index (χ3n) is 6.40. The van der Waals surface area contributed by atoms with Crippen molar-refractivity contribution < 1.29 is 0 Å². The van der Waals surface area contributed by atoms with Gasteiger partial charge in [-0.2, -0.15) is 0 Å². The highest BCUT2D eigenvalue weighted by atomic mass is 35.5. The van der Waals surface area contributed by atoms with Gasteiger partial charge in [0, 0.05) is 54.9 Å². The van der Waals surface area contributed by atoms with Crippen LogP contribution >= 0.6 is 11.6 Å². The second-order valence-electron chi connectivity index (χ2n) is 8.94. The van der Waals surface area contributed by atoms with E-state index >= 15 is 0 Å². The Balaban J connectivity index is 1.25. The molecule has 0 amide bonds. The molecule has 30 heavy (non-hydrogen) atoms. The molecule has 0 unspecified atom stereocenters. The van der Waals surface area contributed by atoms with E-state index < -0.39 is 0 Å². The SMILES string of the molecule is Cc1cncnc1N1CC2(C1)CN(c1nnc3n1-c1ccc(Cl)cc1CN(C)C3)C2. The van der Waals surface area contributed by atoms with Crippen molar-refractivity contribution in [3.8, 4) is 5.69 Å². The number of hydrogen-bond acceptors (Lipinski definition) is 7. The molecule has 2 saturated heterocycles. The lowest BCUT2D eigenvalue weighted by atomic mass is 9.73. The van der Waals surface area contributed by atoms with Gasteiger partial charge in [0.25, 0.3) is 0 Å². The minimum atomic E-state index is 0.314. The Morgan fingerprint density at radius 1 is 1.03 bits per heavy atom. The zero-order chi connectivity index (χ0) is 20.5. The summed E-state index contributed by atoms with van der Waals surface area (Å²) in [6.45, 7) is 7.71. The second kappa shape index (κ2) is 6.39. The van der Waals surface area contributed by atoms with Crippen LogP contribution in [0.3, 0.4) is 0 Å². The Kier molecular flexibility index (Phi) is 3.85. The third-order valence-corrected chi connectivity index (χ3v) is 6.64. The van der Waals surface area contributed by atoms with E-state index in [4.69, 9.17) is 11.6 Å². The number of halogens is 1. The molecule has 2 fully saturated rings. The maximum atomic E-state index is 6.28. The van der Waals surface area contributed by atoms with Crippen LogP contribution in [0.15, 0.2) is 30.7 Å². The summed E-state index contributed by atoms with van der Waals surface area (Å²) < 4.78 is 2.22. The summed E-state index contributed by atoms with van der Waals surface area (Å²) in [6.07, 6.45) is 3.51. The molecule has 3 aliphatic rings. The Hall–Kier alpha value is -2.71. The van der Waals surface area contributed by atoms with Crippen molar-refractivity contribution in [1.82, 2.24) is 29.6 Å². The monoisotopic (exact) mass is 422 g/mol. The van der Waals surface area contributed by atoms with Crippen molar-refractivity contribution in [1.29, 1.82) is 0 Å². The normalized spacial score (nSPS) is 19.7. The maximum absolute atomic E-state index is 6.28. The summed E-state index contributed by atoms with van der Waals surface area (Å²) in [5, 5.41) is 9.87. The molecule has 0 saturated carbocycles. The van der Waals surface area contributed by atoms with E-state index in [1.165, 1.54) is 5.56 Å². The van der Waals surface area contributed by atoms with Gasteiger partial charge in [0.15, 0.2) is 5.82 Å². The van der Waals surface area contributed by atoms with Crippen LogP contribution in [0.2, 0.25) is 5.02 Å². The Morgan fingerprint density at radius 2 is 1.83 bits per heavy atom. The molecular weight excluding hydrogens is 400 g/mol. The molecule has 8 nitrogen and oxygen atoms in total. The van der Waals surface area contributed by atoms with E-state index in [-0.39, 0.29) is 0 Å². The van der Waals surface area contributed by atoms with Gasteiger partial charge in [-0.1, -0.05) is 11.6 Å². The summed E-state index contributed by atoms with van der Waals surface area (Å²) in [5.41, 5.74) is 3.78. The number of benzene rings is 1. The molecule has 9 heteroatoms. The fourth-order valence-corrected chi connectivity index (χ4v) is 5.28. The molecule has 6 rings (SSSR count). The summed E-state index contributed by atoms with van der Waals surface area (Å²) in [6, 6.07) is 6.09. The molecule has 0 N–H and O–H groups in total. The largest absolute Gasteiger partial charge is 0.355 e. The molecule has 5 heterocycles. The van der Waals surface area contributed by atoms with Crippen molar-refractivity contribution in [2.75, 3.05) is 43.0 Å².